The summed E-state index contributed by atoms with van der Waals surface area (Å²) in [5.74, 6) is 0.424. The van der Waals surface area contributed by atoms with Crippen molar-refractivity contribution < 1.29 is 9.52 Å². The van der Waals surface area contributed by atoms with E-state index in [9.17, 15) is 5.11 Å². The lowest BCUT2D eigenvalue weighted by Crippen LogP contribution is -2.22. The zero-order chi connectivity index (χ0) is 12.5. The molecule has 0 bridgehead atoms. The van der Waals surface area contributed by atoms with Crippen LogP contribution in [0, 0.1) is 11.3 Å². The maximum atomic E-state index is 10.5. The molecule has 0 amide bonds. The summed E-state index contributed by atoms with van der Waals surface area (Å²) < 4.78 is 5.98. The molecule has 0 aliphatic rings. The van der Waals surface area contributed by atoms with Crippen LogP contribution in [0.3, 0.4) is 0 Å². The fourth-order valence-corrected chi connectivity index (χ4v) is 2.25. The number of rotatable bonds is 2. The van der Waals surface area contributed by atoms with Gasteiger partial charge in [0.15, 0.2) is 5.76 Å². The van der Waals surface area contributed by atoms with Crippen LogP contribution in [-0.2, 0) is 5.60 Å². The average molecular weight is 292 g/mol. The van der Waals surface area contributed by atoms with Crippen molar-refractivity contribution in [3.63, 3.8) is 0 Å². The number of aliphatic hydroxyl groups is 1. The SMILES string of the molecule is CC(O)(c1cccc(C#N)c1)c1occc1Br. The Hall–Kier alpha value is -1.57. The number of halogens is 1. The summed E-state index contributed by atoms with van der Waals surface area (Å²) in [4.78, 5) is 0. The van der Waals surface area contributed by atoms with Crippen molar-refractivity contribution in [2.24, 2.45) is 0 Å². The molecule has 2 rings (SSSR count). The Morgan fingerprint density at radius 1 is 1.41 bits per heavy atom. The molecule has 2 aromatic rings. The van der Waals surface area contributed by atoms with Crippen LogP contribution in [0.2, 0.25) is 0 Å². The van der Waals surface area contributed by atoms with E-state index < -0.39 is 5.60 Å². The molecule has 1 N–H and O–H groups in total. The monoisotopic (exact) mass is 291 g/mol. The maximum Gasteiger partial charge on any atom is 0.153 e. The number of hydrogen-bond donors (Lipinski definition) is 1. The van der Waals surface area contributed by atoms with Gasteiger partial charge in [-0.05, 0) is 46.6 Å². The summed E-state index contributed by atoms with van der Waals surface area (Å²) in [6.07, 6.45) is 1.50. The Bertz CT molecular complexity index is 581. The average Bonchev–Trinajstić information content (AvgIpc) is 2.76. The number of nitriles is 1. The van der Waals surface area contributed by atoms with Gasteiger partial charge in [-0.25, -0.2) is 0 Å². The Kier molecular flexibility index (Phi) is 3.05. The van der Waals surface area contributed by atoms with Crippen molar-refractivity contribution >= 4 is 15.9 Å². The van der Waals surface area contributed by atoms with Gasteiger partial charge in [0.05, 0.1) is 22.4 Å². The highest BCUT2D eigenvalue weighted by atomic mass is 79.9. The van der Waals surface area contributed by atoms with Crippen molar-refractivity contribution in [1.82, 2.24) is 0 Å². The van der Waals surface area contributed by atoms with Gasteiger partial charge in [-0.15, -0.1) is 0 Å². The molecule has 0 saturated carbocycles. The summed E-state index contributed by atoms with van der Waals surface area (Å²) in [6.45, 7) is 1.63. The molecule has 17 heavy (non-hydrogen) atoms. The summed E-state index contributed by atoms with van der Waals surface area (Å²) in [6, 6.07) is 10.6. The van der Waals surface area contributed by atoms with E-state index in [0.29, 0.717) is 21.4 Å². The molecule has 4 heteroatoms. The minimum absolute atomic E-state index is 0.424. The van der Waals surface area contributed by atoms with Crippen LogP contribution in [0.1, 0.15) is 23.8 Å². The summed E-state index contributed by atoms with van der Waals surface area (Å²) >= 11 is 3.32. The molecular weight excluding hydrogens is 282 g/mol. The molecule has 0 spiro atoms. The first-order chi connectivity index (χ1) is 8.05. The third-order valence-corrected chi connectivity index (χ3v) is 3.24. The first kappa shape index (κ1) is 11.9. The number of benzene rings is 1. The van der Waals surface area contributed by atoms with Gasteiger partial charge >= 0.3 is 0 Å². The highest BCUT2D eigenvalue weighted by Gasteiger charge is 2.31. The highest BCUT2D eigenvalue weighted by molar-refractivity contribution is 9.10. The first-order valence-corrected chi connectivity index (χ1v) is 5.81. The molecule has 1 aromatic heterocycles. The Labute approximate surface area is 107 Å². The minimum Gasteiger partial charge on any atom is -0.465 e. The molecule has 1 aromatic carbocycles. The van der Waals surface area contributed by atoms with E-state index in [1.165, 1.54) is 6.26 Å². The van der Waals surface area contributed by atoms with Crippen LogP contribution in [0.25, 0.3) is 0 Å². The smallest absolute Gasteiger partial charge is 0.153 e. The first-order valence-electron chi connectivity index (χ1n) is 5.02. The van der Waals surface area contributed by atoms with Crippen LogP contribution < -0.4 is 0 Å². The maximum absolute atomic E-state index is 10.5. The van der Waals surface area contributed by atoms with Gasteiger partial charge in [0.1, 0.15) is 5.60 Å². The van der Waals surface area contributed by atoms with E-state index in [1.54, 1.807) is 37.3 Å². The van der Waals surface area contributed by atoms with E-state index in [4.69, 9.17) is 9.68 Å². The lowest BCUT2D eigenvalue weighted by molar-refractivity contribution is 0.0757. The van der Waals surface area contributed by atoms with Gasteiger partial charge in [-0.1, -0.05) is 12.1 Å². The van der Waals surface area contributed by atoms with E-state index in [2.05, 4.69) is 15.9 Å². The number of hydrogen-bond acceptors (Lipinski definition) is 3. The predicted octanol–water partition coefficient (Wildman–Crippen LogP) is 3.17. The lowest BCUT2D eigenvalue weighted by Gasteiger charge is -2.22. The minimum atomic E-state index is -1.27. The Balaban J connectivity index is 2.52. The number of furan rings is 1. The fourth-order valence-electron chi connectivity index (χ4n) is 1.66. The third-order valence-electron chi connectivity index (χ3n) is 2.61. The Morgan fingerprint density at radius 3 is 2.76 bits per heavy atom. The molecule has 0 aliphatic heterocycles. The molecule has 0 fully saturated rings. The Morgan fingerprint density at radius 2 is 2.18 bits per heavy atom. The van der Waals surface area contributed by atoms with Crippen LogP contribution in [0.4, 0.5) is 0 Å². The zero-order valence-corrected chi connectivity index (χ0v) is 10.7. The number of nitrogens with zero attached hydrogens (tertiary/aromatic N) is 1. The highest BCUT2D eigenvalue weighted by Crippen LogP contribution is 2.34. The van der Waals surface area contributed by atoms with E-state index in [0.717, 1.165) is 0 Å². The molecule has 0 aliphatic carbocycles. The van der Waals surface area contributed by atoms with E-state index in [1.807, 2.05) is 6.07 Å². The molecule has 1 unspecified atom stereocenters. The topological polar surface area (TPSA) is 57.2 Å². The van der Waals surface area contributed by atoms with Gasteiger partial charge in [0, 0.05) is 0 Å². The van der Waals surface area contributed by atoms with Crippen LogP contribution >= 0.6 is 15.9 Å². The summed E-state index contributed by atoms with van der Waals surface area (Å²) in [5, 5.41) is 19.4. The second-order valence-electron chi connectivity index (χ2n) is 3.86. The summed E-state index contributed by atoms with van der Waals surface area (Å²) in [7, 11) is 0. The van der Waals surface area contributed by atoms with Gasteiger partial charge in [-0.2, -0.15) is 5.26 Å². The third kappa shape index (κ3) is 2.12. The van der Waals surface area contributed by atoms with E-state index in [-0.39, 0.29) is 0 Å². The normalized spacial score (nSPS) is 14.0. The fraction of sp³-hybridized carbons (Fsp3) is 0.154. The van der Waals surface area contributed by atoms with Gasteiger partial charge < -0.3 is 9.52 Å². The van der Waals surface area contributed by atoms with Crippen LogP contribution in [0.5, 0.6) is 0 Å². The molecule has 0 radical (unpaired) electrons. The molecule has 3 nitrogen and oxygen atoms in total. The molecule has 1 heterocycles. The second kappa shape index (κ2) is 4.36. The quantitative estimate of drug-likeness (QED) is 0.925. The van der Waals surface area contributed by atoms with Gasteiger partial charge in [-0.3, -0.25) is 0 Å². The summed E-state index contributed by atoms with van der Waals surface area (Å²) in [5.41, 5.74) is -0.146. The zero-order valence-electron chi connectivity index (χ0n) is 9.14. The molecule has 0 saturated heterocycles. The van der Waals surface area contributed by atoms with E-state index >= 15 is 0 Å². The standard InChI is InChI=1S/C13H10BrNO2/c1-13(16,12-11(14)5-6-17-12)10-4-2-3-9(7-10)8-15/h2-7,16H,1H3. The van der Waals surface area contributed by atoms with Crippen molar-refractivity contribution in [3.8, 4) is 6.07 Å². The van der Waals surface area contributed by atoms with Crippen molar-refractivity contribution in [2.75, 3.05) is 0 Å². The van der Waals surface area contributed by atoms with Crippen molar-refractivity contribution in [3.05, 3.63) is 58.0 Å². The lowest BCUT2D eigenvalue weighted by atomic mass is 9.92. The molecular formula is C13H10BrNO2. The van der Waals surface area contributed by atoms with Crippen molar-refractivity contribution in [1.29, 1.82) is 5.26 Å². The van der Waals surface area contributed by atoms with Crippen molar-refractivity contribution in [2.45, 2.75) is 12.5 Å². The van der Waals surface area contributed by atoms with Gasteiger partial charge in [0.25, 0.3) is 0 Å². The molecule has 1 atom stereocenters. The second-order valence-corrected chi connectivity index (χ2v) is 4.72. The predicted molar refractivity (Wildman–Crippen MR) is 66.2 cm³/mol. The largest absolute Gasteiger partial charge is 0.465 e. The van der Waals surface area contributed by atoms with Crippen LogP contribution in [-0.4, -0.2) is 5.11 Å². The van der Waals surface area contributed by atoms with Gasteiger partial charge in [0.2, 0.25) is 0 Å². The molecule has 86 valence electrons. The van der Waals surface area contributed by atoms with Crippen LogP contribution in [0.15, 0.2) is 45.5 Å².